The van der Waals surface area contributed by atoms with E-state index in [0.29, 0.717) is 0 Å². The van der Waals surface area contributed by atoms with Gasteiger partial charge in [-0.3, -0.25) is 0 Å². The summed E-state index contributed by atoms with van der Waals surface area (Å²) in [6, 6.07) is 1.34. The van der Waals surface area contributed by atoms with Gasteiger partial charge in [0, 0.05) is 0 Å². The molecule has 0 saturated carbocycles. The van der Waals surface area contributed by atoms with Gasteiger partial charge in [0.25, 0.3) is 0 Å². The molecule has 62 valence electrons. The standard InChI is InChI=1S/C6H19NOSi2/c1-7(2)5-4-6-10(3)8-9/h10H,4-6H2,1-3,9H3. The van der Waals surface area contributed by atoms with Crippen molar-refractivity contribution in [2.75, 3.05) is 20.6 Å². The first-order valence-corrected chi connectivity index (χ1v) is 7.10. The Balaban J connectivity index is 3.03. The van der Waals surface area contributed by atoms with E-state index >= 15 is 0 Å². The molecule has 0 aliphatic heterocycles. The molecule has 1 atom stereocenters. The molecule has 1 unspecified atom stereocenters. The van der Waals surface area contributed by atoms with Gasteiger partial charge in [0.1, 0.15) is 10.5 Å². The Labute approximate surface area is 68.8 Å². The Morgan fingerprint density at radius 3 is 2.50 bits per heavy atom. The second-order valence-electron chi connectivity index (χ2n) is 2.99. The Bertz CT molecular complexity index is 80.1. The molecule has 0 aromatic carbocycles. The summed E-state index contributed by atoms with van der Waals surface area (Å²) in [5, 5.41) is 0. The first kappa shape index (κ1) is 10.4. The third kappa shape index (κ3) is 6.47. The maximum atomic E-state index is 5.39. The minimum absolute atomic E-state index is 0.705. The van der Waals surface area contributed by atoms with E-state index in [1.54, 1.807) is 0 Å². The van der Waals surface area contributed by atoms with Crippen LogP contribution in [0.15, 0.2) is 0 Å². The van der Waals surface area contributed by atoms with Gasteiger partial charge in [0.05, 0.1) is 0 Å². The number of hydrogen-bond donors (Lipinski definition) is 0. The van der Waals surface area contributed by atoms with Gasteiger partial charge in [-0.15, -0.1) is 0 Å². The fraction of sp³-hybridized carbons (Fsp3) is 1.00. The van der Waals surface area contributed by atoms with Crippen molar-refractivity contribution in [1.29, 1.82) is 0 Å². The van der Waals surface area contributed by atoms with Crippen molar-refractivity contribution in [3.63, 3.8) is 0 Å². The quantitative estimate of drug-likeness (QED) is 0.529. The van der Waals surface area contributed by atoms with Crippen LogP contribution in [0.1, 0.15) is 6.42 Å². The molecule has 0 aliphatic carbocycles. The van der Waals surface area contributed by atoms with E-state index in [4.69, 9.17) is 4.12 Å². The molecule has 0 bridgehead atoms. The largest absolute Gasteiger partial charge is 0.466 e. The zero-order valence-electron chi connectivity index (χ0n) is 7.55. The SMILES string of the molecule is CN(C)CCC[SiH](C)O[SiH3]. The van der Waals surface area contributed by atoms with Crippen LogP contribution in [-0.4, -0.2) is 45.1 Å². The third-order valence-corrected chi connectivity index (χ3v) is 6.06. The monoisotopic (exact) mass is 177 g/mol. The lowest BCUT2D eigenvalue weighted by atomic mass is 10.5. The number of hydrogen-bond acceptors (Lipinski definition) is 2. The molecule has 0 N–H and O–H groups in total. The summed E-state index contributed by atoms with van der Waals surface area (Å²) in [5.41, 5.74) is 0. The maximum absolute atomic E-state index is 5.39. The number of rotatable bonds is 5. The summed E-state index contributed by atoms with van der Waals surface area (Å²) >= 11 is 0. The van der Waals surface area contributed by atoms with Gasteiger partial charge in [-0.1, -0.05) is 0 Å². The van der Waals surface area contributed by atoms with Crippen LogP contribution in [0.3, 0.4) is 0 Å². The third-order valence-electron chi connectivity index (χ3n) is 1.62. The average Bonchev–Trinajstić information content (AvgIpc) is 1.87. The molecule has 0 radical (unpaired) electrons. The Hall–Kier alpha value is 0.354. The molecule has 2 nitrogen and oxygen atoms in total. The van der Waals surface area contributed by atoms with Crippen LogP contribution in [0, 0.1) is 0 Å². The molecule has 0 spiro atoms. The van der Waals surface area contributed by atoms with Crippen molar-refractivity contribution >= 4 is 19.5 Å². The molecular weight excluding hydrogens is 158 g/mol. The van der Waals surface area contributed by atoms with Gasteiger partial charge >= 0.3 is 0 Å². The van der Waals surface area contributed by atoms with Crippen LogP contribution in [0.5, 0.6) is 0 Å². The van der Waals surface area contributed by atoms with E-state index in [-0.39, 0.29) is 0 Å². The van der Waals surface area contributed by atoms with Crippen LogP contribution >= 0.6 is 0 Å². The van der Waals surface area contributed by atoms with Crippen molar-refractivity contribution < 1.29 is 4.12 Å². The zero-order valence-corrected chi connectivity index (χ0v) is 10.7. The summed E-state index contributed by atoms with van der Waals surface area (Å²) in [6.07, 6.45) is 1.31. The molecule has 10 heavy (non-hydrogen) atoms. The summed E-state index contributed by atoms with van der Waals surface area (Å²) in [6.45, 7) is 3.49. The molecular formula is C6H19NOSi2. The number of nitrogens with zero attached hydrogens (tertiary/aromatic N) is 1. The fourth-order valence-electron chi connectivity index (χ4n) is 0.813. The molecule has 0 heterocycles. The van der Waals surface area contributed by atoms with E-state index < -0.39 is 9.04 Å². The van der Waals surface area contributed by atoms with E-state index in [1.165, 1.54) is 19.0 Å². The van der Waals surface area contributed by atoms with Gasteiger partial charge in [0.15, 0.2) is 9.04 Å². The first-order valence-electron chi connectivity index (χ1n) is 3.84. The van der Waals surface area contributed by atoms with Gasteiger partial charge in [0.2, 0.25) is 0 Å². The normalized spacial score (nSPS) is 14.4. The van der Waals surface area contributed by atoms with E-state index in [2.05, 4.69) is 25.5 Å². The summed E-state index contributed by atoms with van der Waals surface area (Å²) < 4.78 is 5.39. The summed E-state index contributed by atoms with van der Waals surface area (Å²) in [4.78, 5) is 2.23. The highest BCUT2D eigenvalue weighted by atomic mass is 28.3. The average molecular weight is 177 g/mol. The second-order valence-corrected chi connectivity index (χ2v) is 7.08. The highest BCUT2D eigenvalue weighted by Crippen LogP contribution is 1.97. The Morgan fingerprint density at radius 1 is 1.50 bits per heavy atom. The van der Waals surface area contributed by atoms with Crippen molar-refractivity contribution in [2.24, 2.45) is 0 Å². The summed E-state index contributed by atoms with van der Waals surface area (Å²) in [7, 11) is 4.47. The molecule has 0 aliphatic rings. The fourth-order valence-corrected chi connectivity index (χ4v) is 2.51. The topological polar surface area (TPSA) is 12.5 Å². The second kappa shape index (κ2) is 6.09. The molecule has 0 rings (SSSR count). The van der Waals surface area contributed by atoms with Gasteiger partial charge in [-0.25, -0.2) is 0 Å². The lowest BCUT2D eigenvalue weighted by Crippen LogP contribution is -2.17. The minimum atomic E-state index is -0.705. The van der Waals surface area contributed by atoms with Crippen molar-refractivity contribution in [1.82, 2.24) is 4.90 Å². The molecule has 0 aromatic heterocycles. The van der Waals surface area contributed by atoms with Gasteiger partial charge in [-0.05, 0) is 39.7 Å². The molecule has 0 saturated heterocycles. The maximum Gasteiger partial charge on any atom is 0.159 e. The Kier molecular flexibility index (Phi) is 6.30. The van der Waals surface area contributed by atoms with Crippen LogP contribution < -0.4 is 0 Å². The zero-order chi connectivity index (χ0) is 7.98. The molecule has 0 aromatic rings. The van der Waals surface area contributed by atoms with E-state index in [9.17, 15) is 0 Å². The Morgan fingerprint density at radius 2 is 2.10 bits per heavy atom. The predicted octanol–water partition coefficient (Wildman–Crippen LogP) is -0.411. The lowest BCUT2D eigenvalue weighted by molar-refractivity contribution is 0.406. The van der Waals surface area contributed by atoms with Gasteiger partial charge < -0.3 is 9.02 Å². The van der Waals surface area contributed by atoms with Crippen molar-refractivity contribution in [3.05, 3.63) is 0 Å². The van der Waals surface area contributed by atoms with Gasteiger partial charge in [-0.2, -0.15) is 0 Å². The lowest BCUT2D eigenvalue weighted by Gasteiger charge is -2.11. The van der Waals surface area contributed by atoms with Crippen LogP contribution in [0.2, 0.25) is 12.6 Å². The highest BCUT2D eigenvalue weighted by Gasteiger charge is 2.00. The van der Waals surface area contributed by atoms with E-state index in [1.807, 2.05) is 0 Å². The molecule has 0 amide bonds. The van der Waals surface area contributed by atoms with Crippen molar-refractivity contribution in [3.8, 4) is 0 Å². The predicted molar refractivity (Wildman–Crippen MR) is 52.0 cm³/mol. The smallest absolute Gasteiger partial charge is 0.159 e. The van der Waals surface area contributed by atoms with Crippen molar-refractivity contribution in [2.45, 2.75) is 19.0 Å². The minimum Gasteiger partial charge on any atom is -0.466 e. The van der Waals surface area contributed by atoms with Crippen LogP contribution in [0.25, 0.3) is 0 Å². The van der Waals surface area contributed by atoms with Crippen LogP contribution in [-0.2, 0) is 4.12 Å². The molecule has 4 heteroatoms. The summed E-state index contributed by atoms with van der Waals surface area (Å²) in [5.74, 6) is 0. The highest BCUT2D eigenvalue weighted by molar-refractivity contribution is 6.54. The molecule has 0 fully saturated rings. The van der Waals surface area contributed by atoms with Crippen LogP contribution in [0.4, 0.5) is 0 Å². The first-order chi connectivity index (χ1) is 4.66. The van der Waals surface area contributed by atoms with E-state index in [0.717, 1.165) is 10.5 Å².